The average Bonchev–Trinajstić information content (AvgIpc) is 2.22. The van der Waals surface area contributed by atoms with Crippen LogP contribution in [0.2, 0.25) is 0 Å². The second kappa shape index (κ2) is 1.48. The SMILES string of the molecule is O=c1[nH]c2cpoc2[nH]1. The Hall–Kier alpha value is -1.02. The van der Waals surface area contributed by atoms with E-state index in [9.17, 15) is 4.79 Å². The summed E-state index contributed by atoms with van der Waals surface area (Å²) in [4.78, 5) is 15.5. The van der Waals surface area contributed by atoms with Crippen molar-refractivity contribution < 1.29 is 4.20 Å². The molecule has 0 spiro atoms. The molecule has 0 aliphatic carbocycles. The first-order valence-electron chi connectivity index (χ1n) is 2.39. The maximum atomic E-state index is 10.5. The number of imidazole rings is 1. The Morgan fingerprint density at radius 2 is 2.44 bits per heavy atom. The molecule has 5 heteroatoms. The van der Waals surface area contributed by atoms with Gasteiger partial charge in [-0.2, -0.15) is 0 Å². The van der Waals surface area contributed by atoms with Gasteiger partial charge in [-0.25, -0.2) is 4.79 Å². The molecule has 4 nitrogen and oxygen atoms in total. The summed E-state index contributed by atoms with van der Waals surface area (Å²) < 4.78 is 4.95. The fourth-order valence-corrected chi connectivity index (χ4v) is 1.26. The summed E-state index contributed by atoms with van der Waals surface area (Å²) >= 11 is 0. The largest absolute Gasteiger partial charge is 0.420 e. The van der Waals surface area contributed by atoms with Crippen molar-refractivity contribution in [3.8, 4) is 0 Å². The average molecular weight is 142 g/mol. The molecule has 0 fully saturated rings. The van der Waals surface area contributed by atoms with Crippen molar-refractivity contribution in [1.29, 1.82) is 0 Å². The summed E-state index contributed by atoms with van der Waals surface area (Å²) in [5, 5.41) is 0. The number of aromatic nitrogens is 2. The van der Waals surface area contributed by atoms with E-state index in [4.69, 9.17) is 4.20 Å². The van der Waals surface area contributed by atoms with E-state index >= 15 is 0 Å². The van der Waals surface area contributed by atoms with Crippen LogP contribution in [0, 0.1) is 0 Å². The Kier molecular flexibility index (Phi) is 0.794. The van der Waals surface area contributed by atoms with Gasteiger partial charge in [-0.1, -0.05) is 0 Å². The normalized spacial score (nSPS) is 11.6. The number of hydrogen-bond donors (Lipinski definition) is 2. The van der Waals surface area contributed by atoms with Gasteiger partial charge < -0.3 is 9.18 Å². The number of hydrogen-bond acceptors (Lipinski definition) is 2. The molecular formula is C4H3N2O2P. The second-order valence-electron chi connectivity index (χ2n) is 1.65. The minimum Gasteiger partial charge on any atom is -0.420 e. The van der Waals surface area contributed by atoms with Gasteiger partial charge >= 0.3 is 5.69 Å². The lowest BCUT2D eigenvalue weighted by atomic mass is 10.7. The van der Waals surface area contributed by atoms with Gasteiger partial charge in [0.05, 0.1) is 0 Å². The van der Waals surface area contributed by atoms with E-state index in [-0.39, 0.29) is 5.69 Å². The maximum absolute atomic E-state index is 10.5. The van der Waals surface area contributed by atoms with E-state index in [2.05, 4.69) is 9.97 Å². The Morgan fingerprint density at radius 1 is 1.56 bits per heavy atom. The van der Waals surface area contributed by atoms with Crippen LogP contribution < -0.4 is 5.69 Å². The lowest BCUT2D eigenvalue weighted by Gasteiger charge is -1.64. The molecule has 0 atom stereocenters. The van der Waals surface area contributed by atoms with E-state index in [0.29, 0.717) is 5.71 Å². The standard InChI is InChI=1S/C4H3N2O2P/c7-4-5-2-1-9-8-3(2)6-4/h1H,(H2,5,6,7). The molecule has 0 aromatic carbocycles. The molecule has 9 heavy (non-hydrogen) atoms. The summed E-state index contributed by atoms with van der Waals surface area (Å²) in [6.07, 6.45) is 0. The second-order valence-corrected chi connectivity index (χ2v) is 2.30. The monoisotopic (exact) mass is 142 g/mol. The van der Waals surface area contributed by atoms with E-state index in [1.807, 2.05) is 0 Å². The fourth-order valence-electron chi connectivity index (χ4n) is 0.675. The van der Waals surface area contributed by atoms with Crippen molar-refractivity contribution in [2.24, 2.45) is 0 Å². The lowest BCUT2D eigenvalue weighted by molar-refractivity contribution is 0.737. The van der Waals surface area contributed by atoms with Gasteiger partial charge in [-0.05, 0) is 0 Å². The Morgan fingerprint density at radius 3 is 3.22 bits per heavy atom. The molecule has 2 aromatic heterocycles. The molecule has 2 aromatic rings. The Balaban J connectivity index is 3.08. The first-order valence-corrected chi connectivity index (χ1v) is 3.27. The molecular weight excluding hydrogens is 139 g/mol. The van der Waals surface area contributed by atoms with Crippen LogP contribution in [0.4, 0.5) is 0 Å². The van der Waals surface area contributed by atoms with E-state index < -0.39 is 0 Å². The molecule has 2 N–H and O–H groups in total. The van der Waals surface area contributed by atoms with Crippen LogP contribution >= 0.6 is 8.43 Å². The topological polar surface area (TPSA) is 61.8 Å². The van der Waals surface area contributed by atoms with E-state index in [1.165, 1.54) is 0 Å². The van der Waals surface area contributed by atoms with Gasteiger partial charge in [0, 0.05) is 5.80 Å². The van der Waals surface area contributed by atoms with E-state index in [1.54, 1.807) is 5.80 Å². The summed E-state index contributed by atoms with van der Waals surface area (Å²) in [5.74, 6) is 1.78. The van der Waals surface area contributed by atoms with Crippen LogP contribution in [0.1, 0.15) is 0 Å². The highest BCUT2D eigenvalue weighted by Crippen LogP contribution is 2.15. The highest BCUT2D eigenvalue weighted by molar-refractivity contribution is 7.22. The van der Waals surface area contributed by atoms with Crippen molar-refractivity contribution in [3.05, 3.63) is 16.3 Å². The van der Waals surface area contributed by atoms with Gasteiger partial charge in [-0.3, -0.25) is 4.98 Å². The molecule has 0 saturated carbocycles. The molecule has 2 rings (SSSR count). The summed E-state index contributed by atoms with van der Waals surface area (Å²) in [6.45, 7) is 0. The Bertz CT molecular complexity index is 339. The van der Waals surface area contributed by atoms with Gasteiger partial charge in [0.2, 0.25) is 5.71 Å². The van der Waals surface area contributed by atoms with Crippen LogP contribution in [-0.4, -0.2) is 9.97 Å². The van der Waals surface area contributed by atoms with Crippen LogP contribution in [-0.2, 0) is 0 Å². The van der Waals surface area contributed by atoms with Crippen LogP contribution in [0.15, 0.2) is 14.8 Å². The van der Waals surface area contributed by atoms with Gasteiger partial charge in [-0.15, -0.1) is 0 Å². The van der Waals surface area contributed by atoms with Gasteiger partial charge in [0.25, 0.3) is 0 Å². The lowest BCUT2D eigenvalue weighted by Crippen LogP contribution is -1.99. The predicted molar refractivity (Wildman–Crippen MR) is 33.7 cm³/mol. The number of nitrogens with one attached hydrogen (secondary N) is 2. The summed E-state index contributed by atoms with van der Waals surface area (Å²) in [6, 6.07) is 0. The number of aromatic amines is 2. The third kappa shape index (κ3) is 0.600. The van der Waals surface area contributed by atoms with Crippen molar-refractivity contribution in [1.82, 2.24) is 9.97 Å². The third-order valence-corrected chi connectivity index (χ3v) is 1.70. The van der Waals surface area contributed by atoms with Gasteiger partial charge in [0.1, 0.15) is 13.9 Å². The molecule has 0 radical (unpaired) electrons. The van der Waals surface area contributed by atoms with Crippen molar-refractivity contribution >= 4 is 19.7 Å². The third-order valence-electron chi connectivity index (χ3n) is 1.05. The molecule has 0 aliphatic heterocycles. The minimum atomic E-state index is -0.217. The van der Waals surface area contributed by atoms with E-state index in [0.717, 1.165) is 13.9 Å². The van der Waals surface area contributed by atoms with Crippen LogP contribution in [0.25, 0.3) is 11.2 Å². The van der Waals surface area contributed by atoms with Crippen LogP contribution in [0.5, 0.6) is 0 Å². The quantitative estimate of drug-likeness (QED) is 0.576. The predicted octanol–water partition coefficient (Wildman–Crippen LogP) is 1.03. The highest BCUT2D eigenvalue weighted by atomic mass is 31.1. The van der Waals surface area contributed by atoms with Crippen LogP contribution in [0.3, 0.4) is 0 Å². The van der Waals surface area contributed by atoms with Crippen molar-refractivity contribution in [2.75, 3.05) is 0 Å². The zero-order valence-corrected chi connectivity index (χ0v) is 5.24. The van der Waals surface area contributed by atoms with Crippen molar-refractivity contribution in [2.45, 2.75) is 0 Å². The molecule has 0 unspecified atom stereocenters. The number of fused-ring (bicyclic) bond motifs is 1. The first-order chi connectivity index (χ1) is 4.36. The zero-order chi connectivity index (χ0) is 6.27. The minimum absolute atomic E-state index is 0.217. The molecule has 2 heterocycles. The first kappa shape index (κ1) is 4.82. The van der Waals surface area contributed by atoms with Crippen molar-refractivity contribution in [3.63, 3.8) is 0 Å². The molecule has 0 bridgehead atoms. The summed E-state index contributed by atoms with van der Waals surface area (Å²) in [7, 11) is 0.766. The molecule has 0 saturated heterocycles. The smallest absolute Gasteiger partial charge is 0.326 e. The molecule has 46 valence electrons. The Labute approximate surface area is 51.1 Å². The fraction of sp³-hybridized carbons (Fsp3) is 0. The maximum Gasteiger partial charge on any atom is 0.326 e. The number of H-pyrrole nitrogens is 2. The number of rotatable bonds is 0. The highest BCUT2D eigenvalue weighted by Gasteiger charge is 1.97. The zero-order valence-electron chi connectivity index (χ0n) is 4.34. The summed E-state index contributed by atoms with van der Waals surface area (Å²) in [5.41, 5.74) is 1.08. The molecule has 0 aliphatic rings. The van der Waals surface area contributed by atoms with Gasteiger partial charge in [0.15, 0.2) is 0 Å². The molecule has 0 amide bonds.